The first-order valence-corrected chi connectivity index (χ1v) is 6.32. The van der Waals surface area contributed by atoms with Crippen LogP contribution in [-0.2, 0) is 9.53 Å². The van der Waals surface area contributed by atoms with E-state index in [1.807, 2.05) is 0 Å². The van der Waals surface area contributed by atoms with Gasteiger partial charge in [0.15, 0.2) is 17.3 Å². The molecule has 0 amide bonds. The minimum absolute atomic E-state index is 0.0234. The number of ketones is 2. The lowest BCUT2D eigenvalue weighted by molar-refractivity contribution is -0.135. The fraction of sp³-hybridized carbons (Fsp3) is 0.286. The number of nitrogens with zero attached hydrogens (tertiary/aromatic N) is 1. The van der Waals surface area contributed by atoms with Crippen molar-refractivity contribution >= 4 is 23.2 Å². The fourth-order valence-electron chi connectivity index (χ4n) is 2.55. The molecule has 1 heterocycles. The average Bonchev–Trinajstić information content (AvgIpc) is 2.90. The van der Waals surface area contributed by atoms with Gasteiger partial charge in [0.05, 0.1) is 6.61 Å². The molecular formula is C14H12N2O4. The van der Waals surface area contributed by atoms with E-state index in [0.29, 0.717) is 11.1 Å². The van der Waals surface area contributed by atoms with Gasteiger partial charge in [0.1, 0.15) is 12.0 Å². The average molecular weight is 272 g/mol. The number of hydrazone groups is 1. The van der Waals surface area contributed by atoms with Crippen LogP contribution in [0.25, 0.3) is 0 Å². The van der Waals surface area contributed by atoms with E-state index in [2.05, 4.69) is 10.5 Å². The number of fused-ring (bicyclic) bond motifs is 2. The molecule has 2 atom stereocenters. The third-order valence-corrected chi connectivity index (χ3v) is 3.46. The fourth-order valence-corrected chi connectivity index (χ4v) is 2.55. The highest BCUT2D eigenvalue weighted by Crippen LogP contribution is 2.30. The van der Waals surface area contributed by atoms with Crippen molar-refractivity contribution in [2.24, 2.45) is 11.0 Å². The first kappa shape index (κ1) is 12.5. The lowest BCUT2D eigenvalue weighted by Crippen LogP contribution is -2.47. The summed E-state index contributed by atoms with van der Waals surface area (Å²) in [4.78, 5) is 36.6. The van der Waals surface area contributed by atoms with Crippen LogP contribution in [-0.4, -0.2) is 35.9 Å². The monoisotopic (exact) mass is 272 g/mol. The molecule has 1 N–H and O–H groups in total. The molecule has 2 unspecified atom stereocenters. The third kappa shape index (κ3) is 1.65. The molecule has 20 heavy (non-hydrogen) atoms. The number of hydrogen-bond acceptors (Lipinski definition) is 6. The Morgan fingerprint density at radius 1 is 1.25 bits per heavy atom. The molecule has 0 spiro atoms. The van der Waals surface area contributed by atoms with Crippen LogP contribution >= 0.6 is 0 Å². The second-order valence-corrected chi connectivity index (χ2v) is 4.58. The van der Waals surface area contributed by atoms with Crippen molar-refractivity contribution in [3.8, 4) is 0 Å². The maximum Gasteiger partial charge on any atom is 0.355 e. The number of carbonyl (C=O) groups excluding carboxylic acids is 3. The predicted molar refractivity (Wildman–Crippen MR) is 69.6 cm³/mol. The van der Waals surface area contributed by atoms with Gasteiger partial charge in [0, 0.05) is 11.1 Å². The number of benzene rings is 1. The Kier molecular flexibility index (Phi) is 2.85. The van der Waals surface area contributed by atoms with Gasteiger partial charge >= 0.3 is 5.97 Å². The summed E-state index contributed by atoms with van der Waals surface area (Å²) in [6, 6.07) is 5.78. The largest absolute Gasteiger partial charge is 0.461 e. The molecule has 0 saturated heterocycles. The van der Waals surface area contributed by atoms with Crippen LogP contribution in [0.4, 0.5) is 0 Å². The molecule has 0 saturated carbocycles. The summed E-state index contributed by atoms with van der Waals surface area (Å²) in [7, 11) is 0. The second kappa shape index (κ2) is 4.56. The number of ether oxygens (including phenoxy) is 1. The Morgan fingerprint density at radius 3 is 2.55 bits per heavy atom. The minimum Gasteiger partial charge on any atom is -0.461 e. The van der Waals surface area contributed by atoms with Crippen LogP contribution in [0, 0.1) is 5.92 Å². The van der Waals surface area contributed by atoms with Gasteiger partial charge in [-0.1, -0.05) is 24.3 Å². The lowest BCUT2D eigenvalue weighted by Gasteiger charge is -2.24. The second-order valence-electron chi connectivity index (χ2n) is 4.58. The van der Waals surface area contributed by atoms with Crippen molar-refractivity contribution in [2.45, 2.75) is 13.0 Å². The number of Topliss-reactive ketones (excluding diaryl/α,β-unsaturated/α-hetero) is 2. The van der Waals surface area contributed by atoms with E-state index in [1.165, 1.54) is 0 Å². The molecule has 3 rings (SSSR count). The molecule has 1 aliphatic carbocycles. The van der Waals surface area contributed by atoms with Crippen molar-refractivity contribution in [3.63, 3.8) is 0 Å². The zero-order chi connectivity index (χ0) is 14.3. The van der Waals surface area contributed by atoms with Gasteiger partial charge in [-0.2, -0.15) is 5.10 Å². The van der Waals surface area contributed by atoms with Gasteiger partial charge in [0.25, 0.3) is 0 Å². The van der Waals surface area contributed by atoms with Gasteiger partial charge in [-0.05, 0) is 6.92 Å². The van der Waals surface area contributed by atoms with Crippen molar-refractivity contribution in [1.82, 2.24) is 5.43 Å². The lowest BCUT2D eigenvalue weighted by atomic mass is 9.77. The van der Waals surface area contributed by atoms with Crippen LogP contribution in [0.5, 0.6) is 0 Å². The van der Waals surface area contributed by atoms with E-state index in [1.54, 1.807) is 31.2 Å². The summed E-state index contributed by atoms with van der Waals surface area (Å²) in [5, 5.41) is 3.83. The van der Waals surface area contributed by atoms with E-state index < -0.39 is 17.9 Å². The molecule has 0 aromatic heterocycles. The normalized spacial score (nSPS) is 23.6. The van der Waals surface area contributed by atoms with Crippen LogP contribution in [0.15, 0.2) is 29.4 Å². The molecule has 0 radical (unpaired) electrons. The van der Waals surface area contributed by atoms with Crippen molar-refractivity contribution in [1.29, 1.82) is 0 Å². The Balaban J connectivity index is 2.02. The summed E-state index contributed by atoms with van der Waals surface area (Å²) in [5.74, 6) is -2.06. The van der Waals surface area contributed by atoms with Crippen LogP contribution in [0.3, 0.4) is 0 Å². The van der Waals surface area contributed by atoms with Gasteiger partial charge in [0.2, 0.25) is 0 Å². The minimum atomic E-state index is -0.892. The highest BCUT2D eigenvalue weighted by Gasteiger charge is 2.49. The molecule has 0 bridgehead atoms. The first-order valence-electron chi connectivity index (χ1n) is 6.32. The van der Waals surface area contributed by atoms with Crippen molar-refractivity contribution < 1.29 is 19.1 Å². The van der Waals surface area contributed by atoms with Crippen LogP contribution < -0.4 is 5.43 Å². The van der Waals surface area contributed by atoms with Gasteiger partial charge < -0.3 is 4.74 Å². The number of hydrogen-bond donors (Lipinski definition) is 1. The van der Waals surface area contributed by atoms with Crippen LogP contribution in [0.2, 0.25) is 0 Å². The van der Waals surface area contributed by atoms with Gasteiger partial charge in [-0.3, -0.25) is 15.0 Å². The summed E-state index contributed by atoms with van der Waals surface area (Å²) in [6.07, 6.45) is 0. The third-order valence-electron chi connectivity index (χ3n) is 3.46. The Morgan fingerprint density at radius 2 is 1.90 bits per heavy atom. The summed E-state index contributed by atoms with van der Waals surface area (Å²) in [5.41, 5.74) is 3.26. The quantitative estimate of drug-likeness (QED) is 0.796. The molecule has 102 valence electrons. The highest BCUT2D eigenvalue weighted by atomic mass is 16.5. The predicted octanol–water partition coefficient (Wildman–Crippen LogP) is 0.573. The van der Waals surface area contributed by atoms with Gasteiger partial charge in [-0.25, -0.2) is 4.79 Å². The van der Waals surface area contributed by atoms with E-state index in [0.717, 1.165) is 0 Å². The van der Waals surface area contributed by atoms with E-state index in [9.17, 15) is 14.4 Å². The molecular weight excluding hydrogens is 260 g/mol. The Bertz CT molecular complexity index is 650. The van der Waals surface area contributed by atoms with Crippen molar-refractivity contribution in [3.05, 3.63) is 35.4 Å². The molecule has 1 aliphatic heterocycles. The van der Waals surface area contributed by atoms with E-state index >= 15 is 0 Å². The number of nitrogens with one attached hydrogen (secondary N) is 1. The zero-order valence-electron chi connectivity index (χ0n) is 10.8. The molecule has 6 nitrogen and oxygen atoms in total. The molecule has 2 aliphatic rings. The first-order chi connectivity index (χ1) is 9.65. The van der Waals surface area contributed by atoms with Crippen molar-refractivity contribution in [2.75, 3.05) is 6.61 Å². The Labute approximate surface area is 114 Å². The molecule has 6 heteroatoms. The van der Waals surface area contributed by atoms with E-state index in [-0.39, 0.29) is 23.9 Å². The van der Waals surface area contributed by atoms with Crippen LogP contribution in [0.1, 0.15) is 27.6 Å². The summed E-state index contributed by atoms with van der Waals surface area (Å²) < 4.78 is 4.87. The zero-order valence-corrected chi connectivity index (χ0v) is 10.8. The standard InChI is InChI=1S/C14H12N2O4/c1-2-20-14(19)11-9-10(15-16-11)13(18)8-6-4-3-5-7(8)12(9)17/h3-6,9-10,15H,2H2,1H3. The van der Waals surface area contributed by atoms with E-state index in [4.69, 9.17) is 4.74 Å². The van der Waals surface area contributed by atoms with Gasteiger partial charge in [-0.15, -0.1) is 0 Å². The topological polar surface area (TPSA) is 84.8 Å². The highest BCUT2D eigenvalue weighted by molar-refractivity contribution is 6.45. The summed E-state index contributed by atoms with van der Waals surface area (Å²) in [6.45, 7) is 1.86. The number of carbonyl (C=O) groups is 3. The smallest absolute Gasteiger partial charge is 0.355 e. The number of rotatable bonds is 2. The number of esters is 1. The maximum atomic E-state index is 12.5. The summed E-state index contributed by atoms with van der Waals surface area (Å²) >= 11 is 0. The molecule has 1 aromatic carbocycles. The Hall–Kier alpha value is -2.50. The maximum absolute atomic E-state index is 12.5. The molecule has 1 aromatic rings. The SMILES string of the molecule is CCOC(=O)C1=NNC2C(=O)c3ccccc3C(=O)C12. The molecule has 0 fully saturated rings.